The van der Waals surface area contributed by atoms with Gasteiger partial charge >= 0.3 is 0 Å². The van der Waals surface area contributed by atoms with Crippen molar-refractivity contribution in [2.24, 2.45) is 0 Å². The molecule has 1 aromatic rings. The number of pyridine rings is 1. The van der Waals surface area contributed by atoms with E-state index in [1.807, 2.05) is 0 Å². The van der Waals surface area contributed by atoms with Crippen molar-refractivity contribution in [1.29, 1.82) is 0 Å². The predicted molar refractivity (Wildman–Crippen MR) is 56.5 cm³/mol. The molecule has 14 heavy (non-hydrogen) atoms. The average Bonchev–Trinajstić information content (AvgIpc) is 2.62. The highest BCUT2D eigenvalue weighted by molar-refractivity contribution is 6.30. The maximum atomic E-state index is 5.74. The van der Waals surface area contributed by atoms with Crippen molar-refractivity contribution in [2.75, 3.05) is 5.73 Å². The molecule has 0 atom stereocenters. The van der Waals surface area contributed by atoms with Crippen LogP contribution in [0.25, 0.3) is 0 Å². The first kappa shape index (κ1) is 9.59. The van der Waals surface area contributed by atoms with E-state index in [9.17, 15) is 0 Å². The topological polar surface area (TPSA) is 48.1 Å². The minimum absolute atomic E-state index is 0.283. The number of halogens is 1. The molecule has 0 aromatic carbocycles. The summed E-state index contributed by atoms with van der Waals surface area (Å²) in [6.07, 6.45) is 6.51. The highest BCUT2D eigenvalue weighted by atomic mass is 35.5. The van der Waals surface area contributed by atoms with Crippen LogP contribution in [0.2, 0.25) is 5.02 Å². The molecule has 1 aliphatic carbocycles. The van der Waals surface area contributed by atoms with Crippen LogP contribution < -0.4 is 10.5 Å². The van der Waals surface area contributed by atoms with E-state index in [4.69, 9.17) is 22.1 Å². The van der Waals surface area contributed by atoms with Gasteiger partial charge in [-0.1, -0.05) is 11.6 Å². The molecule has 1 fully saturated rings. The first-order chi connectivity index (χ1) is 6.75. The number of anilines is 1. The van der Waals surface area contributed by atoms with Gasteiger partial charge in [0.1, 0.15) is 6.10 Å². The Morgan fingerprint density at radius 2 is 2.14 bits per heavy atom. The molecule has 1 aliphatic rings. The van der Waals surface area contributed by atoms with Crippen LogP contribution in [-0.4, -0.2) is 11.1 Å². The molecular formula is C10H13ClN2O. The molecule has 0 amide bonds. The van der Waals surface area contributed by atoms with Crippen LogP contribution in [-0.2, 0) is 0 Å². The molecule has 1 heterocycles. The smallest absolute Gasteiger partial charge is 0.237 e. The first-order valence-electron chi connectivity index (χ1n) is 4.83. The van der Waals surface area contributed by atoms with Gasteiger partial charge < -0.3 is 10.5 Å². The fraction of sp³-hybridized carbons (Fsp3) is 0.500. The molecule has 0 saturated heterocycles. The number of hydrogen-bond donors (Lipinski definition) is 1. The van der Waals surface area contributed by atoms with Gasteiger partial charge in [-0.3, -0.25) is 0 Å². The Balaban J connectivity index is 2.08. The Kier molecular flexibility index (Phi) is 2.77. The van der Waals surface area contributed by atoms with Crippen LogP contribution >= 0.6 is 11.6 Å². The normalized spacial score (nSPS) is 17.2. The van der Waals surface area contributed by atoms with Gasteiger partial charge in [-0.15, -0.1) is 0 Å². The summed E-state index contributed by atoms with van der Waals surface area (Å²) in [5, 5.41) is 0.543. The molecule has 3 nitrogen and oxygen atoms in total. The van der Waals surface area contributed by atoms with Crippen LogP contribution in [0.5, 0.6) is 5.88 Å². The van der Waals surface area contributed by atoms with Gasteiger partial charge in [0.15, 0.2) is 0 Å². The molecule has 1 saturated carbocycles. The minimum atomic E-state index is 0.283. The van der Waals surface area contributed by atoms with Crippen LogP contribution in [0.1, 0.15) is 25.7 Å². The van der Waals surface area contributed by atoms with Crippen molar-refractivity contribution in [3.63, 3.8) is 0 Å². The summed E-state index contributed by atoms with van der Waals surface area (Å²) in [6, 6.07) is 1.67. The highest BCUT2D eigenvalue weighted by Crippen LogP contribution is 2.27. The average molecular weight is 213 g/mol. The van der Waals surface area contributed by atoms with Crippen molar-refractivity contribution in [2.45, 2.75) is 31.8 Å². The highest BCUT2D eigenvalue weighted by Gasteiger charge is 2.18. The van der Waals surface area contributed by atoms with E-state index in [-0.39, 0.29) is 6.10 Å². The lowest BCUT2D eigenvalue weighted by molar-refractivity contribution is 0.203. The minimum Gasteiger partial charge on any atom is -0.473 e. The van der Waals surface area contributed by atoms with Crippen LogP contribution in [0.15, 0.2) is 12.3 Å². The Morgan fingerprint density at radius 3 is 2.79 bits per heavy atom. The quantitative estimate of drug-likeness (QED) is 0.820. The van der Waals surface area contributed by atoms with Crippen molar-refractivity contribution in [3.05, 3.63) is 17.3 Å². The fourth-order valence-electron chi connectivity index (χ4n) is 1.70. The van der Waals surface area contributed by atoms with E-state index in [0.717, 1.165) is 12.8 Å². The molecule has 4 heteroatoms. The molecule has 0 aliphatic heterocycles. The van der Waals surface area contributed by atoms with Gasteiger partial charge in [0, 0.05) is 6.20 Å². The lowest BCUT2D eigenvalue weighted by atomic mass is 10.3. The third kappa shape index (κ3) is 2.10. The van der Waals surface area contributed by atoms with E-state index in [2.05, 4.69) is 4.98 Å². The Labute approximate surface area is 88.2 Å². The monoisotopic (exact) mass is 212 g/mol. The molecule has 1 aromatic heterocycles. The van der Waals surface area contributed by atoms with E-state index in [1.54, 1.807) is 12.3 Å². The van der Waals surface area contributed by atoms with Crippen LogP contribution in [0.3, 0.4) is 0 Å². The van der Waals surface area contributed by atoms with Gasteiger partial charge in [-0.05, 0) is 31.7 Å². The van der Waals surface area contributed by atoms with Crippen molar-refractivity contribution >= 4 is 17.3 Å². The van der Waals surface area contributed by atoms with Crippen molar-refractivity contribution < 1.29 is 4.74 Å². The molecule has 2 N–H and O–H groups in total. The largest absolute Gasteiger partial charge is 0.473 e. The van der Waals surface area contributed by atoms with Gasteiger partial charge in [0.2, 0.25) is 5.88 Å². The summed E-state index contributed by atoms with van der Waals surface area (Å²) in [7, 11) is 0. The molecule has 0 unspecified atom stereocenters. The number of ether oxygens (including phenoxy) is 1. The van der Waals surface area contributed by atoms with Crippen molar-refractivity contribution in [3.8, 4) is 5.88 Å². The maximum absolute atomic E-state index is 5.74. The first-order valence-corrected chi connectivity index (χ1v) is 5.21. The molecule has 2 rings (SSSR count). The predicted octanol–water partition coefficient (Wildman–Crippen LogP) is 2.64. The standard InChI is InChI=1S/C10H13ClN2O/c11-7-5-9(12)10(13-6-7)14-8-3-1-2-4-8/h5-6,8H,1-4,12H2. The summed E-state index contributed by atoms with van der Waals surface area (Å²) >= 11 is 5.74. The molecule has 0 spiro atoms. The summed E-state index contributed by atoms with van der Waals surface area (Å²) < 4.78 is 5.67. The van der Waals surface area contributed by atoms with Crippen molar-refractivity contribution in [1.82, 2.24) is 4.98 Å². The Bertz CT molecular complexity index is 324. The lowest BCUT2D eigenvalue weighted by Gasteiger charge is -2.13. The van der Waals surface area contributed by atoms with Crippen LogP contribution in [0.4, 0.5) is 5.69 Å². The lowest BCUT2D eigenvalue weighted by Crippen LogP contribution is -2.13. The summed E-state index contributed by atoms with van der Waals surface area (Å²) in [5.41, 5.74) is 6.25. The third-order valence-electron chi connectivity index (χ3n) is 2.43. The van der Waals surface area contributed by atoms with E-state index in [0.29, 0.717) is 16.6 Å². The zero-order valence-electron chi connectivity index (χ0n) is 7.87. The molecule has 76 valence electrons. The maximum Gasteiger partial charge on any atom is 0.237 e. The van der Waals surface area contributed by atoms with Gasteiger partial charge in [0.25, 0.3) is 0 Å². The number of rotatable bonds is 2. The second-order valence-corrected chi connectivity index (χ2v) is 4.01. The SMILES string of the molecule is Nc1cc(Cl)cnc1OC1CCCC1. The fourth-order valence-corrected chi connectivity index (χ4v) is 1.87. The Morgan fingerprint density at radius 1 is 1.43 bits per heavy atom. The van der Waals surface area contributed by atoms with Gasteiger partial charge in [-0.2, -0.15) is 0 Å². The third-order valence-corrected chi connectivity index (χ3v) is 2.63. The van der Waals surface area contributed by atoms with E-state index >= 15 is 0 Å². The molecular weight excluding hydrogens is 200 g/mol. The second kappa shape index (κ2) is 4.05. The number of nitrogens with zero attached hydrogens (tertiary/aromatic N) is 1. The summed E-state index contributed by atoms with van der Waals surface area (Å²) in [4.78, 5) is 4.06. The zero-order chi connectivity index (χ0) is 9.97. The second-order valence-electron chi connectivity index (χ2n) is 3.57. The summed E-state index contributed by atoms with van der Waals surface area (Å²) in [6.45, 7) is 0. The number of nitrogens with two attached hydrogens (primary N) is 1. The summed E-state index contributed by atoms with van der Waals surface area (Å²) in [5.74, 6) is 0.515. The number of aromatic nitrogens is 1. The van der Waals surface area contributed by atoms with E-state index in [1.165, 1.54) is 12.8 Å². The molecule has 0 radical (unpaired) electrons. The number of hydrogen-bond acceptors (Lipinski definition) is 3. The Hall–Kier alpha value is -0.960. The van der Waals surface area contributed by atoms with Crippen LogP contribution in [0, 0.1) is 0 Å². The zero-order valence-corrected chi connectivity index (χ0v) is 8.63. The molecule has 0 bridgehead atoms. The van der Waals surface area contributed by atoms with Gasteiger partial charge in [-0.25, -0.2) is 4.98 Å². The van der Waals surface area contributed by atoms with Gasteiger partial charge in [0.05, 0.1) is 10.7 Å². The van der Waals surface area contributed by atoms with E-state index < -0.39 is 0 Å². The number of nitrogen functional groups attached to an aromatic ring is 1.